The van der Waals surface area contributed by atoms with Crippen molar-refractivity contribution >= 4 is 20.7 Å². The Balaban J connectivity index is 2.27. The number of hydrogen-bond donors (Lipinski definition) is 1. The van der Waals surface area contributed by atoms with Gasteiger partial charge >= 0.3 is 5.69 Å². The molecule has 2 aromatic rings. The summed E-state index contributed by atoms with van der Waals surface area (Å²) in [4.78, 5) is 27.1. The summed E-state index contributed by atoms with van der Waals surface area (Å²) in [6, 6.07) is 4.62. The number of H-pyrrole nitrogens is 1. The van der Waals surface area contributed by atoms with E-state index >= 15 is 0 Å². The standard InChI is InChI=1S/C13H14N2O4S/c1-8-2-3-11-10(6-8)12(16)15(13(17)14-11)9-4-5-20(18,19)7-9/h2-3,6,9H,4-5,7H2,1H3,(H,14,17). The van der Waals surface area contributed by atoms with E-state index < -0.39 is 27.1 Å². The monoisotopic (exact) mass is 294 g/mol. The molecular weight excluding hydrogens is 280 g/mol. The molecule has 3 rings (SSSR count). The van der Waals surface area contributed by atoms with Gasteiger partial charge in [-0.05, 0) is 25.5 Å². The van der Waals surface area contributed by atoms with E-state index in [4.69, 9.17) is 0 Å². The summed E-state index contributed by atoms with van der Waals surface area (Å²) in [7, 11) is -3.15. The predicted molar refractivity (Wildman–Crippen MR) is 75.9 cm³/mol. The number of rotatable bonds is 1. The Morgan fingerprint density at radius 2 is 2.05 bits per heavy atom. The smallest absolute Gasteiger partial charge is 0.307 e. The van der Waals surface area contributed by atoms with Gasteiger partial charge in [-0.1, -0.05) is 11.6 Å². The number of benzene rings is 1. The van der Waals surface area contributed by atoms with Crippen LogP contribution in [-0.2, 0) is 9.84 Å². The van der Waals surface area contributed by atoms with Gasteiger partial charge in [0.15, 0.2) is 9.84 Å². The molecule has 1 atom stereocenters. The van der Waals surface area contributed by atoms with Crippen LogP contribution in [0.25, 0.3) is 10.9 Å². The molecule has 1 aromatic heterocycles. The minimum absolute atomic E-state index is 0.0232. The summed E-state index contributed by atoms with van der Waals surface area (Å²) in [6.45, 7) is 1.86. The molecular formula is C13H14N2O4S. The Bertz CT molecular complexity index is 908. The van der Waals surface area contributed by atoms with Crippen LogP contribution in [0.3, 0.4) is 0 Å². The van der Waals surface area contributed by atoms with Crippen LogP contribution in [0.2, 0.25) is 0 Å². The first-order chi connectivity index (χ1) is 9.37. The second-order valence-electron chi connectivity index (χ2n) is 5.21. The average Bonchev–Trinajstić information content (AvgIpc) is 2.71. The Morgan fingerprint density at radius 3 is 2.70 bits per heavy atom. The minimum atomic E-state index is -3.15. The molecule has 1 aliphatic rings. The van der Waals surface area contributed by atoms with Crippen LogP contribution in [0, 0.1) is 6.92 Å². The quantitative estimate of drug-likeness (QED) is 0.822. The number of nitrogens with zero attached hydrogens (tertiary/aromatic N) is 1. The molecule has 0 saturated carbocycles. The highest BCUT2D eigenvalue weighted by Gasteiger charge is 2.31. The Labute approximate surface area is 115 Å². The summed E-state index contributed by atoms with van der Waals surface area (Å²) in [5.74, 6) is -0.122. The fourth-order valence-electron chi connectivity index (χ4n) is 2.65. The van der Waals surface area contributed by atoms with E-state index in [1.807, 2.05) is 13.0 Å². The van der Waals surface area contributed by atoms with Crippen LogP contribution in [0.15, 0.2) is 27.8 Å². The maximum absolute atomic E-state index is 12.4. The van der Waals surface area contributed by atoms with Gasteiger partial charge in [-0.3, -0.25) is 9.36 Å². The van der Waals surface area contributed by atoms with Gasteiger partial charge in [-0.25, -0.2) is 13.2 Å². The van der Waals surface area contributed by atoms with Gasteiger partial charge in [0.2, 0.25) is 0 Å². The third-order valence-corrected chi connectivity index (χ3v) is 5.41. The summed E-state index contributed by atoms with van der Waals surface area (Å²) < 4.78 is 24.1. The van der Waals surface area contributed by atoms with Crippen molar-refractivity contribution in [3.63, 3.8) is 0 Å². The van der Waals surface area contributed by atoms with E-state index in [-0.39, 0.29) is 11.5 Å². The number of aryl methyl sites for hydroxylation is 1. The van der Waals surface area contributed by atoms with Crippen molar-refractivity contribution in [3.8, 4) is 0 Å². The summed E-state index contributed by atoms with van der Waals surface area (Å²) >= 11 is 0. The molecule has 0 radical (unpaired) electrons. The summed E-state index contributed by atoms with van der Waals surface area (Å²) in [5, 5.41) is 0.411. The van der Waals surface area contributed by atoms with Crippen molar-refractivity contribution in [2.24, 2.45) is 0 Å². The van der Waals surface area contributed by atoms with Gasteiger partial charge in [0.1, 0.15) is 0 Å². The second-order valence-corrected chi connectivity index (χ2v) is 7.44. The van der Waals surface area contributed by atoms with Crippen molar-refractivity contribution in [1.82, 2.24) is 9.55 Å². The van der Waals surface area contributed by atoms with Gasteiger partial charge in [0.05, 0.1) is 28.5 Å². The third-order valence-electron chi connectivity index (χ3n) is 3.66. The minimum Gasteiger partial charge on any atom is -0.307 e. The van der Waals surface area contributed by atoms with Crippen molar-refractivity contribution in [2.45, 2.75) is 19.4 Å². The number of aromatic amines is 1. The number of nitrogens with one attached hydrogen (secondary N) is 1. The van der Waals surface area contributed by atoms with E-state index in [2.05, 4.69) is 4.98 Å². The maximum atomic E-state index is 12.4. The largest absolute Gasteiger partial charge is 0.329 e. The number of sulfone groups is 1. The van der Waals surface area contributed by atoms with Gasteiger partial charge < -0.3 is 4.98 Å². The van der Waals surface area contributed by atoms with Gasteiger partial charge in [-0.15, -0.1) is 0 Å². The van der Waals surface area contributed by atoms with Crippen molar-refractivity contribution < 1.29 is 8.42 Å². The normalized spacial score (nSPS) is 21.4. The SMILES string of the molecule is Cc1ccc2[nH]c(=O)n(C3CCS(=O)(=O)C3)c(=O)c2c1. The van der Waals surface area contributed by atoms with Crippen LogP contribution in [0.5, 0.6) is 0 Å². The third kappa shape index (κ3) is 2.07. The van der Waals surface area contributed by atoms with E-state index in [1.165, 1.54) is 0 Å². The molecule has 1 N–H and O–H groups in total. The average molecular weight is 294 g/mol. The maximum Gasteiger partial charge on any atom is 0.329 e. The molecule has 0 aliphatic carbocycles. The predicted octanol–water partition coefficient (Wildman–Crippen LogP) is 0.358. The first kappa shape index (κ1) is 13.1. The molecule has 1 fully saturated rings. The van der Waals surface area contributed by atoms with E-state index in [1.54, 1.807) is 12.1 Å². The zero-order chi connectivity index (χ0) is 14.5. The van der Waals surface area contributed by atoms with Crippen LogP contribution in [0.1, 0.15) is 18.0 Å². The molecule has 0 amide bonds. The molecule has 2 heterocycles. The van der Waals surface area contributed by atoms with Crippen molar-refractivity contribution in [2.75, 3.05) is 11.5 Å². The summed E-state index contributed by atoms with van der Waals surface area (Å²) in [5.41, 5.74) is 0.415. The molecule has 6 nitrogen and oxygen atoms in total. The lowest BCUT2D eigenvalue weighted by atomic mass is 10.1. The highest BCUT2D eigenvalue weighted by molar-refractivity contribution is 7.91. The molecule has 1 unspecified atom stereocenters. The zero-order valence-electron chi connectivity index (χ0n) is 10.9. The highest BCUT2D eigenvalue weighted by atomic mass is 32.2. The van der Waals surface area contributed by atoms with Gasteiger partial charge in [-0.2, -0.15) is 0 Å². The van der Waals surface area contributed by atoms with Gasteiger partial charge in [0.25, 0.3) is 5.56 Å². The van der Waals surface area contributed by atoms with E-state index in [0.717, 1.165) is 10.1 Å². The molecule has 0 bridgehead atoms. The van der Waals surface area contributed by atoms with E-state index in [9.17, 15) is 18.0 Å². The molecule has 1 aliphatic heterocycles. The van der Waals surface area contributed by atoms with Crippen LogP contribution < -0.4 is 11.2 Å². The molecule has 106 valence electrons. The Morgan fingerprint density at radius 1 is 1.30 bits per heavy atom. The van der Waals surface area contributed by atoms with E-state index in [0.29, 0.717) is 17.3 Å². The Kier molecular flexibility index (Phi) is 2.82. The highest BCUT2D eigenvalue weighted by Crippen LogP contribution is 2.21. The summed E-state index contributed by atoms with van der Waals surface area (Å²) in [6.07, 6.45) is 0.308. The van der Waals surface area contributed by atoms with Crippen LogP contribution in [0.4, 0.5) is 0 Å². The number of hydrogen-bond acceptors (Lipinski definition) is 4. The zero-order valence-corrected chi connectivity index (χ0v) is 11.7. The van der Waals surface area contributed by atoms with Crippen molar-refractivity contribution in [3.05, 3.63) is 44.6 Å². The first-order valence-electron chi connectivity index (χ1n) is 6.33. The lowest BCUT2D eigenvalue weighted by Gasteiger charge is -2.11. The van der Waals surface area contributed by atoms with Crippen LogP contribution >= 0.6 is 0 Å². The first-order valence-corrected chi connectivity index (χ1v) is 8.15. The topological polar surface area (TPSA) is 89.0 Å². The number of fused-ring (bicyclic) bond motifs is 1. The van der Waals surface area contributed by atoms with Gasteiger partial charge in [0, 0.05) is 0 Å². The van der Waals surface area contributed by atoms with Crippen LogP contribution in [-0.4, -0.2) is 29.5 Å². The lowest BCUT2D eigenvalue weighted by Crippen LogP contribution is -2.38. The second kappa shape index (κ2) is 4.31. The fraction of sp³-hybridized carbons (Fsp3) is 0.385. The molecule has 20 heavy (non-hydrogen) atoms. The van der Waals surface area contributed by atoms with Crippen molar-refractivity contribution in [1.29, 1.82) is 0 Å². The molecule has 7 heteroatoms. The molecule has 0 spiro atoms. The number of aromatic nitrogens is 2. The Hall–Kier alpha value is -1.89. The molecule has 1 saturated heterocycles. The lowest BCUT2D eigenvalue weighted by molar-refractivity contribution is 0.517. The fourth-order valence-corrected chi connectivity index (χ4v) is 4.35. The molecule has 1 aromatic carbocycles.